The van der Waals surface area contributed by atoms with Gasteiger partial charge in [0.1, 0.15) is 23.0 Å². The number of amides is 2. The van der Waals surface area contributed by atoms with Gasteiger partial charge in [-0.3, -0.25) is 9.59 Å². The third-order valence-corrected chi connectivity index (χ3v) is 5.60. The molecule has 0 bridgehead atoms. The predicted octanol–water partition coefficient (Wildman–Crippen LogP) is 3.98. The molecule has 1 fully saturated rings. The van der Waals surface area contributed by atoms with Crippen molar-refractivity contribution in [2.24, 2.45) is 0 Å². The van der Waals surface area contributed by atoms with Gasteiger partial charge < -0.3 is 14.6 Å². The van der Waals surface area contributed by atoms with E-state index in [9.17, 15) is 9.59 Å². The first-order valence-electron chi connectivity index (χ1n) is 8.48. The van der Waals surface area contributed by atoms with Gasteiger partial charge in [-0.1, -0.05) is 23.7 Å². The number of thiazole rings is 1. The van der Waals surface area contributed by atoms with Gasteiger partial charge in [0.2, 0.25) is 5.91 Å². The Morgan fingerprint density at radius 1 is 1.33 bits per heavy atom. The Hall–Kier alpha value is -2.64. The summed E-state index contributed by atoms with van der Waals surface area (Å²) in [6.45, 7) is 0.580. The molecule has 1 atom stereocenters. The molecule has 3 aromatic rings. The molecule has 1 aliphatic rings. The number of aromatic nitrogens is 1. The molecule has 1 saturated heterocycles. The Labute approximate surface area is 164 Å². The van der Waals surface area contributed by atoms with Gasteiger partial charge in [-0.15, -0.1) is 11.3 Å². The molecule has 8 heteroatoms. The van der Waals surface area contributed by atoms with Gasteiger partial charge in [-0.25, -0.2) is 4.98 Å². The van der Waals surface area contributed by atoms with E-state index < -0.39 is 6.04 Å². The van der Waals surface area contributed by atoms with E-state index in [2.05, 4.69) is 10.3 Å². The van der Waals surface area contributed by atoms with Crippen molar-refractivity contribution in [1.29, 1.82) is 0 Å². The van der Waals surface area contributed by atoms with E-state index in [1.807, 2.05) is 18.2 Å². The molecular formula is C19H16ClN3O3S. The summed E-state index contributed by atoms with van der Waals surface area (Å²) < 4.78 is 5.04. The van der Waals surface area contributed by atoms with Crippen molar-refractivity contribution in [3.05, 3.63) is 59.0 Å². The second kappa shape index (κ2) is 7.54. The van der Waals surface area contributed by atoms with E-state index in [-0.39, 0.29) is 11.8 Å². The van der Waals surface area contributed by atoms with Crippen molar-refractivity contribution in [1.82, 2.24) is 10.3 Å². The van der Waals surface area contributed by atoms with Gasteiger partial charge in [-0.05, 0) is 31.0 Å². The smallest absolute Gasteiger partial charge is 0.271 e. The molecular weight excluding hydrogens is 386 g/mol. The average molecular weight is 402 g/mol. The third kappa shape index (κ3) is 3.61. The molecule has 1 N–H and O–H groups in total. The zero-order chi connectivity index (χ0) is 18.8. The highest BCUT2D eigenvalue weighted by atomic mass is 35.5. The molecule has 1 aromatic carbocycles. The van der Waals surface area contributed by atoms with Gasteiger partial charge in [-0.2, -0.15) is 0 Å². The Bertz CT molecular complexity index is 970. The highest BCUT2D eigenvalue weighted by Gasteiger charge is 2.32. The highest BCUT2D eigenvalue weighted by molar-refractivity contribution is 7.13. The van der Waals surface area contributed by atoms with Crippen LogP contribution in [0.25, 0.3) is 10.6 Å². The minimum atomic E-state index is -0.596. The number of furan rings is 1. The van der Waals surface area contributed by atoms with Crippen molar-refractivity contribution in [2.75, 3.05) is 11.4 Å². The summed E-state index contributed by atoms with van der Waals surface area (Å²) >= 11 is 7.58. The molecule has 0 saturated carbocycles. The first kappa shape index (κ1) is 17.8. The number of para-hydroxylation sites is 1. The fraction of sp³-hybridized carbons (Fsp3) is 0.211. The number of carbonyl (C=O) groups excluding carboxylic acids is 2. The first-order valence-corrected chi connectivity index (χ1v) is 9.74. The fourth-order valence-electron chi connectivity index (χ4n) is 3.05. The molecule has 0 unspecified atom stereocenters. The molecule has 4 rings (SSSR count). The second-order valence-corrected chi connectivity index (χ2v) is 7.42. The normalized spacial score (nSPS) is 17.1. The van der Waals surface area contributed by atoms with Gasteiger partial charge in [0.15, 0.2) is 0 Å². The van der Waals surface area contributed by atoms with E-state index in [1.165, 1.54) is 11.3 Å². The van der Waals surface area contributed by atoms with Crippen LogP contribution in [0.5, 0.6) is 0 Å². The largest absolute Gasteiger partial charge is 0.472 e. The number of hydrogen-bond donors (Lipinski definition) is 1. The lowest BCUT2D eigenvalue weighted by atomic mass is 10.0. The van der Waals surface area contributed by atoms with E-state index >= 15 is 0 Å². The van der Waals surface area contributed by atoms with Crippen molar-refractivity contribution in [2.45, 2.75) is 18.9 Å². The highest BCUT2D eigenvalue weighted by Crippen LogP contribution is 2.29. The average Bonchev–Trinajstić information content (AvgIpc) is 3.35. The van der Waals surface area contributed by atoms with Gasteiger partial charge >= 0.3 is 0 Å². The van der Waals surface area contributed by atoms with Crippen LogP contribution in [0.2, 0.25) is 5.02 Å². The molecule has 3 heterocycles. The standard InChI is InChI=1S/C19H16ClN3O3S/c20-13-4-1-2-6-16(13)23-8-3-5-14(19(23)25)21-17(24)15-11-27-18(22-15)12-7-9-26-10-12/h1-2,4,6-7,9-11,14H,3,5,8H2,(H,21,24)/t14-/m0/s1. The summed E-state index contributed by atoms with van der Waals surface area (Å²) in [5, 5.41) is 5.70. The maximum Gasteiger partial charge on any atom is 0.271 e. The summed E-state index contributed by atoms with van der Waals surface area (Å²) in [6, 6.07) is 8.40. The molecule has 138 valence electrons. The van der Waals surface area contributed by atoms with Gasteiger partial charge in [0, 0.05) is 17.5 Å². The predicted molar refractivity (Wildman–Crippen MR) is 104 cm³/mol. The number of halogens is 1. The summed E-state index contributed by atoms with van der Waals surface area (Å²) in [5.41, 5.74) is 1.77. The van der Waals surface area contributed by atoms with Crippen molar-refractivity contribution >= 4 is 40.4 Å². The Balaban J connectivity index is 1.48. The molecule has 1 aliphatic heterocycles. The van der Waals surface area contributed by atoms with Crippen LogP contribution in [-0.2, 0) is 4.79 Å². The van der Waals surface area contributed by atoms with E-state index in [0.717, 1.165) is 12.0 Å². The third-order valence-electron chi connectivity index (χ3n) is 4.39. The quantitative estimate of drug-likeness (QED) is 0.717. The van der Waals surface area contributed by atoms with Crippen LogP contribution in [0.1, 0.15) is 23.3 Å². The topological polar surface area (TPSA) is 75.4 Å². The number of anilines is 1. The lowest BCUT2D eigenvalue weighted by Gasteiger charge is -2.33. The molecule has 0 radical (unpaired) electrons. The fourth-order valence-corrected chi connectivity index (χ4v) is 4.07. The van der Waals surface area contributed by atoms with E-state index in [0.29, 0.717) is 34.4 Å². The lowest BCUT2D eigenvalue weighted by Crippen LogP contribution is -2.52. The van der Waals surface area contributed by atoms with Crippen LogP contribution in [0.4, 0.5) is 5.69 Å². The van der Waals surface area contributed by atoms with Crippen LogP contribution in [0.15, 0.2) is 52.7 Å². The first-order chi connectivity index (χ1) is 13.1. The van der Waals surface area contributed by atoms with Crippen molar-refractivity contribution < 1.29 is 14.0 Å². The number of piperidine rings is 1. The maximum absolute atomic E-state index is 12.9. The Morgan fingerprint density at radius 3 is 2.96 bits per heavy atom. The van der Waals surface area contributed by atoms with Crippen LogP contribution >= 0.6 is 22.9 Å². The number of rotatable bonds is 4. The molecule has 2 amide bonds. The van der Waals surface area contributed by atoms with Crippen molar-refractivity contribution in [3.63, 3.8) is 0 Å². The van der Waals surface area contributed by atoms with E-state index in [4.69, 9.17) is 16.0 Å². The second-order valence-electron chi connectivity index (χ2n) is 6.16. The van der Waals surface area contributed by atoms with E-state index in [1.54, 1.807) is 34.9 Å². The summed E-state index contributed by atoms with van der Waals surface area (Å²) in [6.07, 6.45) is 4.50. The van der Waals surface area contributed by atoms with Crippen LogP contribution in [0, 0.1) is 0 Å². The Morgan fingerprint density at radius 2 is 2.19 bits per heavy atom. The Kier molecular flexibility index (Phi) is 4.96. The molecule has 6 nitrogen and oxygen atoms in total. The monoisotopic (exact) mass is 401 g/mol. The number of nitrogens with one attached hydrogen (secondary N) is 1. The van der Waals surface area contributed by atoms with Crippen LogP contribution in [0.3, 0.4) is 0 Å². The summed E-state index contributed by atoms with van der Waals surface area (Å²) in [4.78, 5) is 31.4. The number of carbonyl (C=O) groups is 2. The zero-order valence-electron chi connectivity index (χ0n) is 14.2. The SMILES string of the molecule is O=C(N[C@H]1CCCN(c2ccccc2Cl)C1=O)c1csc(-c2ccoc2)n1. The summed E-state index contributed by atoms with van der Waals surface area (Å²) in [5.74, 6) is -0.520. The zero-order valence-corrected chi connectivity index (χ0v) is 15.8. The van der Waals surface area contributed by atoms with Crippen molar-refractivity contribution in [3.8, 4) is 10.6 Å². The molecule has 27 heavy (non-hydrogen) atoms. The van der Waals surface area contributed by atoms with Gasteiger partial charge in [0.05, 0.1) is 17.0 Å². The van der Waals surface area contributed by atoms with Crippen LogP contribution in [-0.4, -0.2) is 29.4 Å². The minimum absolute atomic E-state index is 0.159. The minimum Gasteiger partial charge on any atom is -0.472 e. The van der Waals surface area contributed by atoms with Crippen LogP contribution < -0.4 is 10.2 Å². The number of benzene rings is 1. The molecule has 0 aliphatic carbocycles. The molecule has 0 spiro atoms. The number of hydrogen-bond acceptors (Lipinski definition) is 5. The summed E-state index contributed by atoms with van der Waals surface area (Å²) in [7, 11) is 0. The number of nitrogens with zero attached hydrogens (tertiary/aromatic N) is 2. The molecule has 2 aromatic heterocycles. The van der Waals surface area contributed by atoms with Gasteiger partial charge in [0.25, 0.3) is 5.91 Å². The lowest BCUT2D eigenvalue weighted by molar-refractivity contribution is -0.121. The maximum atomic E-state index is 12.9.